The second-order valence-corrected chi connectivity index (χ2v) is 4.95. The number of benzene rings is 2. The van der Waals surface area contributed by atoms with Gasteiger partial charge in [-0.1, -0.05) is 17.3 Å². The van der Waals surface area contributed by atoms with Crippen molar-refractivity contribution in [3.8, 4) is 11.5 Å². The first-order valence-electron chi connectivity index (χ1n) is 7.43. The maximum atomic E-state index is 12.3. The van der Waals surface area contributed by atoms with Gasteiger partial charge in [-0.15, -0.1) is 5.10 Å². The fourth-order valence-electron chi connectivity index (χ4n) is 2.18. The lowest BCUT2D eigenvalue weighted by Crippen LogP contribution is -2.29. The second kappa shape index (κ2) is 6.91. The Morgan fingerprint density at radius 3 is 2.54 bits per heavy atom. The Morgan fingerprint density at radius 2 is 1.79 bits per heavy atom. The Labute approximate surface area is 137 Å². The van der Waals surface area contributed by atoms with Crippen molar-refractivity contribution in [3.05, 3.63) is 58.9 Å². The Morgan fingerprint density at radius 1 is 1.08 bits per heavy atom. The molecule has 7 heteroatoms. The fraction of sp³-hybridized carbons (Fsp3) is 0.176. The normalized spacial score (nSPS) is 10.5. The quantitative estimate of drug-likeness (QED) is 0.525. The number of carbonyl (C=O) groups is 1. The summed E-state index contributed by atoms with van der Waals surface area (Å²) in [5.74, 6) is 0.449. The van der Waals surface area contributed by atoms with Crippen molar-refractivity contribution in [1.82, 2.24) is 15.0 Å². The van der Waals surface area contributed by atoms with E-state index in [0.717, 1.165) is 4.68 Å². The lowest BCUT2D eigenvalue weighted by atomic mass is 10.2. The van der Waals surface area contributed by atoms with Gasteiger partial charge in [-0.25, -0.2) is 4.79 Å². The minimum Gasteiger partial charge on any atom is -0.494 e. The van der Waals surface area contributed by atoms with Gasteiger partial charge in [-0.05, 0) is 43.3 Å². The van der Waals surface area contributed by atoms with Crippen LogP contribution in [-0.4, -0.2) is 27.6 Å². The largest absolute Gasteiger partial charge is 0.494 e. The predicted molar refractivity (Wildman–Crippen MR) is 87.0 cm³/mol. The second-order valence-electron chi connectivity index (χ2n) is 4.95. The molecule has 0 bridgehead atoms. The van der Waals surface area contributed by atoms with E-state index in [4.69, 9.17) is 9.47 Å². The van der Waals surface area contributed by atoms with Crippen LogP contribution in [0.25, 0.3) is 10.9 Å². The van der Waals surface area contributed by atoms with Gasteiger partial charge < -0.3 is 9.47 Å². The SMILES string of the molecule is CCOc1ccc(OC(=O)Cn2nnc3ccccc3c2=O)cc1. The summed E-state index contributed by atoms with van der Waals surface area (Å²) in [7, 11) is 0. The van der Waals surface area contributed by atoms with E-state index >= 15 is 0 Å². The summed E-state index contributed by atoms with van der Waals surface area (Å²) in [6.07, 6.45) is 0. The van der Waals surface area contributed by atoms with Crippen LogP contribution in [0.3, 0.4) is 0 Å². The van der Waals surface area contributed by atoms with E-state index in [-0.39, 0.29) is 12.1 Å². The maximum absolute atomic E-state index is 12.3. The van der Waals surface area contributed by atoms with Crippen LogP contribution in [-0.2, 0) is 11.3 Å². The number of aromatic nitrogens is 3. The van der Waals surface area contributed by atoms with Gasteiger partial charge in [0.25, 0.3) is 5.56 Å². The molecular formula is C17H15N3O4. The molecule has 24 heavy (non-hydrogen) atoms. The Hall–Kier alpha value is -3.22. The van der Waals surface area contributed by atoms with Crippen LogP contribution in [0.4, 0.5) is 0 Å². The van der Waals surface area contributed by atoms with Crippen molar-refractivity contribution in [1.29, 1.82) is 0 Å². The lowest BCUT2D eigenvalue weighted by Gasteiger charge is -2.07. The number of rotatable bonds is 5. The third-order valence-corrected chi connectivity index (χ3v) is 3.27. The summed E-state index contributed by atoms with van der Waals surface area (Å²) in [4.78, 5) is 24.3. The first kappa shape index (κ1) is 15.7. The predicted octanol–water partition coefficient (Wildman–Crippen LogP) is 1.80. The van der Waals surface area contributed by atoms with Crippen molar-refractivity contribution in [3.63, 3.8) is 0 Å². The molecule has 0 aliphatic rings. The Kier molecular flexibility index (Phi) is 4.51. The summed E-state index contributed by atoms with van der Waals surface area (Å²) in [5.41, 5.74) is 0.0999. The standard InChI is InChI=1S/C17H15N3O4/c1-2-23-12-7-9-13(10-8-12)24-16(21)11-20-17(22)14-5-3-4-6-15(14)18-19-20/h3-10H,2,11H2,1H3. The van der Waals surface area contributed by atoms with Gasteiger partial charge in [0.2, 0.25) is 0 Å². The molecule has 0 N–H and O–H groups in total. The average Bonchev–Trinajstić information content (AvgIpc) is 2.60. The Balaban J connectivity index is 1.73. The van der Waals surface area contributed by atoms with E-state index < -0.39 is 5.97 Å². The molecule has 0 saturated carbocycles. The van der Waals surface area contributed by atoms with E-state index in [1.807, 2.05) is 6.92 Å². The monoisotopic (exact) mass is 325 g/mol. The average molecular weight is 325 g/mol. The van der Waals surface area contributed by atoms with Gasteiger partial charge in [-0.2, -0.15) is 4.68 Å². The smallest absolute Gasteiger partial charge is 0.333 e. The molecule has 0 unspecified atom stereocenters. The first-order valence-corrected chi connectivity index (χ1v) is 7.43. The summed E-state index contributed by atoms with van der Waals surface area (Å²) >= 11 is 0. The van der Waals surface area contributed by atoms with Crippen molar-refractivity contribution in [2.24, 2.45) is 0 Å². The fourth-order valence-corrected chi connectivity index (χ4v) is 2.18. The van der Waals surface area contributed by atoms with Crippen molar-refractivity contribution in [2.75, 3.05) is 6.61 Å². The van der Waals surface area contributed by atoms with Crippen LogP contribution in [0.15, 0.2) is 53.3 Å². The minimum atomic E-state index is -0.606. The molecule has 0 saturated heterocycles. The molecule has 0 amide bonds. The van der Waals surface area contributed by atoms with E-state index in [1.165, 1.54) is 0 Å². The van der Waals surface area contributed by atoms with Crippen molar-refractivity contribution in [2.45, 2.75) is 13.5 Å². The zero-order valence-electron chi connectivity index (χ0n) is 13.0. The summed E-state index contributed by atoms with van der Waals surface area (Å²) in [6.45, 7) is 2.13. The molecular weight excluding hydrogens is 310 g/mol. The molecule has 122 valence electrons. The van der Waals surface area contributed by atoms with E-state index in [0.29, 0.717) is 29.0 Å². The number of ether oxygens (including phenoxy) is 2. The van der Waals surface area contributed by atoms with Gasteiger partial charge in [0, 0.05) is 0 Å². The molecule has 1 aromatic heterocycles. The number of nitrogens with zero attached hydrogens (tertiary/aromatic N) is 3. The van der Waals surface area contributed by atoms with Gasteiger partial charge in [0.15, 0.2) is 0 Å². The molecule has 0 aliphatic carbocycles. The molecule has 3 aromatic rings. The van der Waals surface area contributed by atoms with Crippen molar-refractivity contribution < 1.29 is 14.3 Å². The summed E-state index contributed by atoms with van der Waals surface area (Å²) in [6, 6.07) is 13.5. The zero-order valence-corrected chi connectivity index (χ0v) is 13.0. The lowest BCUT2D eigenvalue weighted by molar-refractivity contribution is -0.135. The molecule has 2 aromatic carbocycles. The number of fused-ring (bicyclic) bond motifs is 1. The van der Waals surface area contributed by atoms with Gasteiger partial charge in [0.1, 0.15) is 23.6 Å². The van der Waals surface area contributed by atoms with E-state index in [2.05, 4.69) is 10.3 Å². The highest BCUT2D eigenvalue weighted by Gasteiger charge is 2.11. The third-order valence-electron chi connectivity index (χ3n) is 3.27. The number of hydrogen-bond donors (Lipinski definition) is 0. The van der Waals surface area contributed by atoms with Crippen LogP contribution < -0.4 is 15.0 Å². The van der Waals surface area contributed by atoms with Gasteiger partial charge in [0.05, 0.1) is 12.0 Å². The molecule has 3 rings (SSSR count). The molecule has 1 heterocycles. The first-order chi connectivity index (χ1) is 11.7. The van der Waals surface area contributed by atoms with Gasteiger partial charge in [-0.3, -0.25) is 4.79 Å². The number of carbonyl (C=O) groups excluding carboxylic acids is 1. The molecule has 0 atom stereocenters. The third kappa shape index (κ3) is 3.40. The molecule has 0 aliphatic heterocycles. The highest BCUT2D eigenvalue weighted by molar-refractivity contribution is 5.77. The Bertz CT molecular complexity index is 919. The van der Waals surface area contributed by atoms with E-state index in [9.17, 15) is 9.59 Å². The van der Waals surface area contributed by atoms with Gasteiger partial charge >= 0.3 is 5.97 Å². The van der Waals surface area contributed by atoms with Crippen LogP contribution in [0.5, 0.6) is 11.5 Å². The van der Waals surface area contributed by atoms with Crippen LogP contribution >= 0.6 is 0 Å². The van der Waals surface area contributed by atoms with Crippen LogP contribution in [0.2, 0.25) is 0 Å². The van der Waals surface area contributed by atoms with E-state index in [1.54, 1.807) is 48.5 Å². The highest BCUT2D eigenvalue weighted by atomic mass is 16.5. The van der Waals surface area contributed by atoms with Crippen molar-refractivity contribution >= 4 is 16.9 Å². The summed E-state index contributed by atoms with van der Waals surface area (Å²) < 4.78 is 11.5. The molecule has 0 fully saturated rings. The highest BCUT2D eigenvalue weighted by Crippen LogP contribution is 2.17. The molecule has 0 spiro atoms. The zero-order chi connectivity index (χ0) is 16.9. The molecule has 0 radical (unpaired) electrons. The van der Waals surface area contributed by atoms with Crippen LogP contribution in [0, 0.1) is 0 Å². The molecule has 7 nitrogen and oxygen atoms in total. The number of esters is 1. The number of hydrogen-bond acceptors (Lipinski definition) is 6. The minimum absolute atomic E-state index is 0.316. The maximum Gasteiger partial charge on any atom is 0.333 e. The topological polar surface area (TPSA) is 83.3 Å². The summed E-state index contributed by atoms with van der Waals surface area (Å²) in [5, 5.41) is 8.09. The van der Waals surface area contributed by atoms with Crippen LogP contribution in [0.1, 0.15) is 6.92 Å².